The van der Waals surface area contributed by atoms with Gasteiger partial charge >= 0.3 is 0 Å². The van der Waals surface area contributed by atoms with E-state index in [0.717, 1.165) is 11.8 Å². The Morgan fingerprint density at radius 3 is 2.19 bits per heavy atom. The Hall–Kier alpha value is -3.07. The maximum absolute atomic E-state index is 13.3. The van der Waals surface area contributed by atoms with E-state index in [1.807, 2.05) is 51.1 Å². The molecular formula is C27H39N3O5S. The molecule has 0 spiro atoms. The summed E-state index contributed by atoms with van der Waals surface area (Å²) in [7, 11) is -3.55. The van der Waals surface area contributed by atoms with Crippen molar-refractivity contribution in [1.29, 1.82) is 0 Å². The molecule has 0 saturated heterocycles. The van der Waals surface area contributed by atoms with Crippen molar-refractivity contribution >= 4 is 27.5 Å². The third-order valence-corrected chi connectivity index (χ3v) is 6.83. The molecule has 8 nitrogen and oxygen atoms in total. The Bertz CT molecular complexity index is 1070. The van der Waals surface area contributed by atoms with Gasteiger partial charge in [-0.25, -0.2) is 8.42 Å². The molecule has 1 N–H and O–H groups in total. The topological polar surface area (TPSA) is 96.0 Å². The lowest BCUT2D eigenvalue weighted by atomic mass is 10.1. The van der Waals surface area contributed by atoms with E-state index in [9.17, 15) is 18.0 Å². The first-order valence-corrected chi connectivity index (χ1v) is 14.2. The van der Waals surface area contributed by atoms with E-state index in [-0.39, 0.29) is 24.8 Å². The first kappa shape index (κ1) is 29.2. The number of nitrogens with one attached hydrogen (secondary N) is 1. The van der Waals surface area contributed by atoms with Crippen LogP contribution in [0.1, 0.15) is 46.1 Å². The molecule has 2 aromatic rings. The standard InChI is InChI=1S/C27H39N3O5S/c1-6-35-25-16-14-24(15-17-25)30(36(5,33)34)18-10-13-26(31)29(20-23-11-8-7-9-12-23)22(4)27(32)28-19-21(2)3/h7-9,11-12,14-17,21-22H,6,10,13,18-20H2,1-5H3,(H,28,32). The Morgan fingerprint density at radius 2 is 1.64 bits per heavy atom. The average molecular weight is 518 g/mol. The van der Waals surface area contributed by atoms with E-state index in [0.29, 0.717) is 43.5 Å². The first-order chi connectivity index (χ1) is 17.0. The molecule has 1 atom stereocenters. The highest BCUT2D eigenvalue weighted by atomic mass is 32.2. The largest absolute Gasteiger partial charge is 0.494 e. The lowest BCUT2D eigenvalue weighted by Gasteiger charge is -2.29. The third kappa shape index (κ3) is 9.18. The predicted octanol–water partition coefficient (Wildman–Crippen LogP) is 3.82. The van der Waals surface area contributed by atoms with Crippen LogP contribution in [-0.2, 0) is 26.2 Å². The number of hydrogen-bond donors (Lipinski definition) is 1. The van der Waals surface area contributed by atoms with Crippen LogP contribution in [-0.4, -0.2) is 57.1 Å². The summed E-state index contributed by atoms with van der Waals surface area (Å²) in [6.07, 6.45) is 1.57. The number of hydrogen-bond acceptors (Lipinski definition) is 5. The molecule has 2 aromatic carbocycles. The molecule has 0 aromatic heterocycles. The highest BCUT2D eigenvalue weighted by Crippen LogP contribution is 2.22. The highest BCUT2D eigenvalue weighted by Gasteiger charge is 2.26. The second-order valence-corrected chi connectivity index (χ2v) is 11.1. The Kier molecular flexibility index (Phi) is 11.2. The van der Waals surface area contributed by atoms with Crippen LogP contribution >= 0.6 is 0 Å². The Labute approximate surface area is 215 Å². The highest BCUT2D eigenvalue weighted by molar-refractivity contribution is 7.92. The van der Waals surface area contributed by atoms with Crippen molar-refractivity contribution < 1.29 is 22.7 Å². The minimum absolute atomic E-state index is 0.109. The van der Waals surface area contributed by atoms with E-state index in [1.165, 1.54) is 4.31 Å². The van der Waals surface area contributed by atoms with Crippen LogP contribution in [0.25, 0.3) is 0 Å². The number of benzene rings is 2. The third-order valence-electron chi connectivity index (χ3n) is 5.64. The summed E-state index contributed by atoms with van der Waals surface area (Å²) in [4.78, 5) is 27.6. The van der Waals surface area contributed by atoms with Gasteiger partial charge in [-0.15, -0.1) is 0 Å². The summed E-state index contributed by atoms with van der Waals surface area (Å²) in [5.41, 5.74) is 1.43. The number of anilines is 1. The van der Waals surface area contributed by atoms with Gasteiger partial charge in [0.1, 0.15) is 11.8 Å². The second-order valence-electron chi connectivity index (χ2n) is 9.19. The van der Waals surface area contributed by atoms with Crippen molar-refractivity contribution in [2.75, 3.05) is 30.3 Å². The predicted molar refractivity (Wildman–Crippen MR) is 143 cm³/mol. The second kappa shape index (κ2) is 13.9. The van der Waals surface area contributed by atoms with Gasteiger partial charge < -0.3 is 15.0 Å². The van der Waals surface area contributed by atoms with Gasteiger partial charge in [0.25, 0.3) is 0 Å². The van der Waals surface area contributed by atoms with Crippen LogP contribution in [0.3, 0.4) is 0 Å². The smallest absolute Gasteiger partial charge is 0.242 e. The number of ether oxygens (including phenoxy) is 1. The number of carbonyl (C=O) groups is 2. The summed E-state index contributed by atoms with van der Waals surface area (Å²) >= 11 is 0. The molecule has 0 radical (unpaired) electrons. The molecular weight excluding hydrogens is 478 g/mol. The van der Waals surface area contributed by atoms with Crippen LogP contribution in [0, 0.1) is 5.92 Å². The molecule has 0 bridgehead atoms. The molecule has 0 heterocycles. The van der Waals surface area contributed by atoms with Crippen LogP contribution in [0.15, 0.2) is 54.6 Å². The molecule has 0 aliphatic carbocycles. The maximum Gasteiger partial charge on any atom is 0.242 e. The summed E-state index contributed by atoms with van der Waals surface area (Å²) in [6.45, 7) is 9.11. The zero-order valence-electron chi connectivity index (χ0n) is 21.9. The van der Waals surface area contributed by atoms with E-state index in [1.54, 1.807) is 36.1 Å². The monoisotopic (exact) mass is 517 g/mol. The van der Waals surface area contributed by atoms with Crippen LogP contribution in [0.2, 0.25) is 0 Å². The number of nitrogens with zero attached hydrogens (tertiary/aromatic N) is 2. The lowest BCUT2D eigenvalue weighted by molar-refractivity contribution is -0.140. The fraction of sp³-hybridized carbons (Fsp3) is 0.481. The molecule has 2 amide bonds. The van der Waals surface area contributed by atoms with E-state index < -0.39 is 16.1 Å². The molecule has 0 aliphatic rings. The zero-order chi connectivity index (χ0) is 26.7. The van der Waals surface area contributed by atoms with Gasteiger partial charge in [-0.1, -0.05) is 44.2 Å². The van der Waals surface area contributed by atoms with Gasteiger partial charge in [0.15, 0.2) is 0 Å². The van der Waals surface area contributed by atoms with Crippen LogP contribution < -0.4 is 14.4 Å². The van der Waals surface area contributed by atoms with Gasteiger partial charge in [0, 0.05) is 26.1 Å². The van der Waals surface area contributed by atoms with Crippen molar-refractivity contribution in [3.05, 3.63) is 60.2 Å². The number of sulfonamides is 1. The molecule has 198 valence electrons. The molecule has 2 rings (SSSR count). The Balaban J connectivity index is 2.12. The minimum atomic E-state index is -3.55. The van der Waals surface area contributed by atoms with Crippen molar-refractivity contribution in [2.24, 2.45) is 5.92 Å². The number of carbonyl (C=O) groups excluding carboxylic acids is 2. The van der Waals surface area contributed by atoms with Gasteiger partial charge in [-0.05, 0) is 56.0 Å². The summed E-state index contributed by atoms with van der Waals surface area (Å²) < 4.78 is 31.7. The number of amides is 2. The van der Waals surface area contributed by atoms with Crippen LogP contribution in [0.4, 0.5) is 5.69 Å². The molecule has 36 heavy (non-hydrogen) atoms. The first-order valence-electron chi connectivity index (χ1n) is 12.3. The Morgan fingerprint density at radius 1 is 1.00 bits per heavy atom. The van der Waals surface area contributed by atoms with Crippen molar-refractivity contribution in [3.8, 4) is 5.75 Å². The van der Waals surface area contributed by atoms with Crippen molar-refractivity contribution in [1.82, 2.24) is 10.2 Å². The summed E-state index contributed by atoms with van der Waals surface area (Å²) in [5.74, 6) is 0.543. The zero-order valence-corrected chi connectivity index (χ0v) is 22.8. The van der Waals surface area contributed by atoms with Crippen LogP contribution in [0.5, 0.6) is 5.75 Å². The van der Waals surface area contributed by atoms with Gasteiger partial charge in [0.2, 0.25) is 21.8 Å². The summed E-state index contributed by atoms with van der Waals surface area (Å²) in [6, 6.07) is 15.7. The van der Waals surface area contributed by atoms with E-state index >= 15 is 0 Å². The molecule has 9 heteroatoms. The lowest BCUT2D eigenvalue weighted by Crippen LogP contribution is -2.48. The normalized spacial score (nSPS) is 12.2. The van der Waals surface area contributed by atoms with Gasteiger partial charge in [0.05, 0.1) is 18.6 Å². The average Bonchev–Trinajstić information content (AvgIpc) is 2.84. The summed E-state index contributed by atoms with van der Waals surface area (Å²) in [5, 5.41) is 2.90. The molecule has 0 fully saturated rings. The molecule has 1 unspecified atom stereocenters. The van der Waals surface area contributed by atoms with Crippen molar-refractivity contribution in [2.45, 2.75) is 53.1 Å². The fourth-order valence-electron chi connectivity index (χ4n) is 3.69. The number of rotatable bonds is 14. The fourth-order valence-corrected chi connectivity index (χ4v) is 4.66. The van der Waals surface area contributed by atoms with Crippen molar-refractivity contribution in [3.63, 3.8) is 0 Å². The quantitative estimate of drug-likeness (QED) is 0.411. The molecule has 0 saturated carbocycles. The van der Waals surface area contributed by atoms with Gasteiger partial charge in [-0.3, -0.25) is 13.9 Å². The minimum Gasteiger partial charge on any atom is -0.494 e. The van der Waals surface area contributed by atoms with E-state index in [2.05, 4.69) is 5.32 Å². The SMILES string of the molecule is CCOc1ccc(N(CCCC(=O)N(Cc2ccccc2)C(C)C(=O)NCC(C)C)S(C)(=O)=O)cc1. The van der Waals surface area contributed by atoms with Gasteiger partial charge in [-0.2, -0.15) is 0 Å². The van der Waals surface area contributed by atoms with E-state index in [4.69, 9.17) is 4.74 Å². The maximum atomic E-state index is 13.3. The molecule has 0 aliphatic heterocycles.